The van der Waals surface area contributed by atoms with Crippen LogP contribution in [0.15, 0.2) is 4.79 Å². The van der Waals surface area contributed by atoms with Crippen LogP contribution in [0.3, 0.4) is 0 Å². The van der Waals surface area contributed by atoms with E-state index in [4.69, 9.17) is 5.73 Å². The molecule has 2 rings (SSSR count). The van der Waals surface area contributed by atoms with E-state index in [2.05, 4.69) is 23.9 Å². The molecule has 0 spiro atoms. The molecule has 0 aromatic carbocycles. The highest BCUT2D eigenvalue weighted by atomic mass is 16.1. The van der Waals surface area contributed by atoms with E-state index in [1.807, 2.05) is 6.92 Å². The van der Waals surface area contributed by atoms with Gasteiger partial charge in [-0.1, -0.05) is 26.7 Å². The predicted octanol–water partition coefficient (Wildman–Crippen LogP) is 2.03. The van der Waals surface area contributed by atoms with Crippen LogP contribution >= 0.6 is 0 Å². The molecule has 0 saturated heterocycles. The second kappa shape index (κ2) is 5.64. The average molecular weight is 277 g/mol. The summed E-state index contributed by atoms with van der Waals surface area (Å²) in [5, 5.41) is 4.41. The van der Waals surface area contributed by atoms with Crippen molar-refractivity contribution in [3.8, 4) is 0 Å². The minimum Gasteiger partial charge on any atom is -0.369 e. The highest BCUT2D eigenvalue weighted by Crippen LogP contribution is 2.19. The SMILES string of the molecule is CCCc1nn(C)c2c(=O)n(C(C)CCC)c(N)nc12. The minimum absolute atomic E-state index is 0.0499. The maximum atomic E-state index is 12.7. The van der Waals surface area contributed by atoms with Crippen LogP contribution in [0.2, 0.25) is 0 Å². The summed E-state index contributed by atoms with van der Waals surface area (Å²) in [4.78, 5) is 17.1. The van der Waals surface area contributed by atoms with E-state index < -0.39 is 0 Å². The first-order valence-corrected chi connectivity index (χ1v) is 7.24. The molecule has 0 saturated carbocycles. The average Bonchev–Trinajstić information content (AvgIpc) is 2.67. The summed E-state index contributed by atoms with van der Waals surface area (Å²) in [6.07, 6.45) is 3.66. The van der Waals surface area contributed by atoms with Gasteiger partial charge in [0.1, 0.15) is 5.52 Å². The van der Waals surface area contributed by atoms with Crippen LogP contribution in [0.1, 0.15) is 51.8 Å². The van der Waals surface area contributed by atoms with Crippen molar-refractivity contribution in [2.75, 3.05) is 5.73 Å². The number of fused-ring (bicyclic) bond motifs is 1. The van der Waals surface area contributed by atoms with Crippen LogP contribution < -0.4 is 11.3 Å². The van der Waals surface area contributed by atoms with E-state index >= 15 is 0 Å². The summed E-state index contributed by atoms with van der Waals surface area (Å²) in [6, 6.07) is 0.0499. The Kier molecular flexibility index (Phi) is 4.11. The third-order valence-corrected chi connectivity index (χ3v) is 3.62. The van der Waals surface area contributed by atoms with Crippen LogP contribution in [0.25, 0.3) is 11.0 Å². The molecule has 110 valence electrons. The molecule has 0 amide bonds. The lowest BCUT2D eigenvalue weighted by molar-refractivity contribution is 0.489. The largest absolute Gasteiger partial charge is 0.369 e. The van der Waals surface area contributed by atoms with E-state index in [0.717, 1.165) is 31.4 Å². The van der Waals surface area contributed by atoms with E-state index in [-0.39, 0.29) is 17.5 Å². The van der Waals surface area contributed by atoms with Crippen LogP contribution in [0.5, 0.6) is 0 Å². The number of aromatic nitrogens is 4. The minimum atomic E-state index is -0.0918. The third kappa shape index (κ3) is 2.30. The summed E-state index contributed by atoms with van der Waals surface area (Å²) in [7, 11) is 1.79. The monoisotopic (exact) mass is 277 g/mol. The van der Waals surface area contributed by atoms with Crippen molar-refractivity contribution in [3.63, 3.8) is 0 Å². The first-order chi connectivity index (χ1) is 9.51. The molecule has 0 aliphatic rings. The standard InChI is InChI=1S/C14H23N5O/c1-5-7-9(3)19-13(20)12-11(16-14(19)15)10(8-6-2)17-18(12)4/h9H,5-8H2,1-4H3,(H2,15,16). The van der Waals surface area contributed by atoms with Crippen molar-refractivity contribution in [3.05, 3.63) is 16.0 Å². The topological polar surface area (TPSA) is 78.7 Å². The molecule has 6 nitrogen and oxygen atoms in total. The maximum Gasteiger partial charge on any atom is 0.281 e. The molecular weight excluding hydrogens is 254 g/mol. The summed E-state index contributed by atoms with van der Waals surface area (Å²) in [5.41, 5.74) is 7.96. The van der Waals surface area contributed by atoms with Gasteiger partial charge in [0, 0.05) is 13.1 Å². The number of hydrogen-bond donors (Lipinski definition) is 1. The third-order valence-electron chi connectivity index (χ3n) is 3.62. The quantitative estimate of drug-likeness (QED) is 0.907. The molecule has 0 aliphatic heterocycles. The second-order valence-corrected chi connectivity index (χ2v) is 5.30. The lowest BCUT2D eigenvalue weighted by Gasteiger charge is -2.16. The summed E-state index contributed by atoms with van der Waals surface area (Å²) in [6.45, 7) is 6.17. The lowest BCUT2D eigenvalue weighted by Crippen LogP contribution is -2.28. The maximum absolute atomic E-state index is 12.7. The zero-order valence-corrected chi connectivity index (χ0v) is 12.7. The predicted molar refractivity (Wildman–Crippen MR) is 80.8 cm³/mol. The summed E-state index contributed by atoms with van der Waals surface area (Å²) >= 11 is 0. The number of anilines is 1. The van der Waals surface area contributed by atoms with Crippen molar-refractivity contribution in [2.45, 2.75) is 52.5 Å². The zero-order chi connectivity index (χ0) is 14.9. The van der Waals surface area contributed by atoms with E-state index in [1.165, 1.54) is 0 Å². The number of nitrogens with two attached hydrogens (primary N) is 1. The molecular formula is C14H23N5O. The Morgan fingerprint density at radius 3 is 2.60 bits per heavy atom. The van der Waals surface area contributed by atoms with Gasteiger partial charge in [-0.2, -0.15) is 5.10 Å². The van der Waals surface area contributed by atoms with E-state index in [9.17, 15) is 4.79 Å². The van der Waals surface area contributed by atoms with E-state index in [1.54, 1.807) is 16.3 Å². The first kappa shape index (κ1) is 14.6. The van der Waals surface area contributed by atoms with Gasteiger partial charge in [-0.25, -0.2) is 4.98 Å². The number of aryl methyl sites for hydroxylation is 2. The van der Waals surface area contributed by atoms with Crippen molar-refractivity contribution >= 4 is 17.0 Å². The van der Waals surface area contributed by atoms with Crippen LogP contribution in [-0.2, 0) is 13.5 Å². The Labute approximate surface area is 118 Å². The molecule has 6 heteroatoms. The molecule has 2 aromatic heterocycles. The van der Waals surface area contributed by atoms with Gasteiger partial charge in [0.25, 0.3) is 5.56 Å². The molecule has 20 heavy (non-hydrogen) atoms. The fourth-order valence-corrected chi connectivity index (χ4v) is 2.69. The summed E-state index contributed by atoms with van der Waals surface area (Å²) < 4.78 is 3.22. The van der Waals surface area contributed by atoms with Gasteiger partial charge in [0.2, 0.25) is 5.95 Å². The Balaban J connectivity index is 2.70. The molecule has 2 heterocycles. The normalized spacial score (nSPS) is 13.0. The highest BCUT2D eigenvalue weighted by Gasteiger charge is 2.19. The lowest BCUT2D eigenvalue weighted by atomic mass is 10.2. The summed E-state index contributed by atoms with van der Waals surface area (Å²) in [5.74, 6) is 0.286. The van der Waals surface area contributed by atoms with Crippen molar-refractivity contribution in [1.29, 1.82) is 0 Å². The van der Waals surface area contributed by atoms with Crippen molar-refractivity contribution in [2.24, 2.45) is 7.05 Å². The highest BCUT2D eigenvalue weighted by molar-refractivity contribution is 5.77. The Bertz CT molecular complexity index is 670. The van der Waals surface area contributed by atoms with Gasteiger partial charge in [-0.15, -0.1) is 0 Å². The van der Waals surface area contributed by atoms with Gasteiger partial charge in [0.05, 0.1) is 5.69 Å². The first-order valence-electron chi connectivity index (χ1n) is 7.24. The Morgan fingerprint density at radius 1 is 1.30 bits per heavy atom. The van der Waals surface area contributed by atoms with Crippen LogP contribution in [0.4, 0.5) is 5.95 Å². The van der Waals surface area contributed by atoms with Gasteiger partial charge in [0.15, 0.2) is 5.52 Å². The smallest absolute Gasteiger partial charge is 0.281 e. The number of rotatable bonds is 5. The van der Waals surface area contributed by atoms with Gasteiger partial charge >= 0.3 is 0 Å². The number of nitrogens with zero attached hydrogens (tertiary/aromatic N) is 4. The van der Waals surface area contributed by atoms with Crippen molar-refractivity contribution in [1.82, 2.24) is 19.3 Å². The molecule has 0 radical (unpaired) electrons. The Hall–Kier alpha value is -1.85. The zero-order valence-electron chi connectivity index (χ0n) is 12.7. The molecule has 2 aromatic rings. The number of nitrogen functional groups attached to an aromatic ring is 1. The molecule has 0 bridgehead atoms. The number of hydrogen-bond acceptors (Lipinski definition) is 4. The molecule has 2 N–H and O–H groups in total. The van der Waals surface area contributed by atoms with Gasteiger partial charge in [-0.05, 0) is 19.8 Å². The van der Waals surface area contributed by atoms with Gasteiger partial charge < -0.3 is 5.73 Å². The molecule has 0 fully saturated rings. The van der Waals surface area contributed by atoms with Crippen LogP contribution in [-0.4, -0.2) is 19.3 Å². The second-order valence-electron chi connectivity index (χ2n) is 5.30. The van der Waals surface area contributed by atoms with Gasteiger partial charge in [-0.3, -0.25) is 14.0 Å². The van der Waals surface area contributed by atoms with Crippen molar-refractivity contribution < 1.29 is 0 Å². The fourth-order valence-electron chi connectivity index (χ4n) is 2.69. The molecule has 1 atom stereocenters. The van der Waals surface area contributed by atoms with Crippen LogP contribution in [0, 0.1) is 0 Å². The van der Waals surface area contributed by atoms with E-state index in [0.29, 0.717) is 11.0 Å². The fraction of sp³-hybridized carbons (Fsp3) is 0.643. The Morgan fingerprint density at radius 2 is 2.00 bits per heavy atom. The molecule has 1 unspecified atom stereocenters. The molecule has 0 aliphatic carbocycles.